The van der Waals surface area contributed by atoms with E-state index in [2.05, 4.69) is 10.9 Å². The van der Waals surface area contributed by atoms with Crippen LogP contribution >= 0.6 is 11.3 Å². The number of rotatable bonds is 1. The number of hydrogen-bond acceptors (Lipinski definition) is 3. The fraction of sp³-hybridized carbons (Fsp3) is 0.333. The smallest absolute Gasteiger partial charge is 0.263 e. The SMILES string of the molecule is C#CCn1c(C)nc2sc(C)c(C)c2c1=O. The third-order valence-corrected chi connectivity index (χ3v) is 3.83. The van der Waals surface area contributed by atoms with E-state index in [0.29, 0.717) is 11.2 Å². The lowest BCUT2D eigenvalue weighted by Gasteiger charge is -2.05. The number of nitrogens with zero attached hydrogens (tertiary/aromatic N) is 2. The van der Waals surface area contributed by atoms with Crippen LogP contribution in [0.3, 0.4) is 0 Å². The van der Waals surface area contributed by atoms with E-state index >= 15 is 0 Å². The van der Waals surface area contributed by atoms with Crippen molar-refractivity contribution in [2.75, 3.05) is 0 Å². The van der Waals surface area contributed by atoms with Gasteiger partial charge in [-0.2, -0.15) is 0 Å². The molecule has 0 aliphatic heterocycles. The van der Waals surface area contributed by atoms with Crippen molar-refractivity contribution in [1.29, 1.82) is 0 Å². The fourth-order valence-electron chi connectivity index (χ4n) is 1.71. The van der Waals surface area contributed by atoms with Gasteiger partial charge in [-0.1, -0.05) is 5.92 Å². The highest BCUT2D eigenvalue weighted by molar-refractivity contribution is 7.18. The first-order valence-corrected chi connectivity index (χ1v) is 5.78. The maximum Gasteiger partial charge on any atom is 0.263 e. The largest absolute Gasteiger partial charge is 0.284 e. The maximum absolute atomic E-state index is 12.2. The summed E-state index contributed by atoms with van der Waals surface area (Å²) in [5.74, 6) is 3.16. The van der Waals surface area contributed by atoms with E-state index in [0.717, 1.165) is 15.3 Å². The summed E-state index contributed by atoms with van der Waals surface area (Å²) in [6.45, 7) is 6.04. The Kier molecular flexibility index (Phi) is 2.56. The molecule has 0 bridgehead atoms. The van der Waals surface area contributed by atoms with Gasteiger partial charge in [-0.3, -0.25) is 9.36 Å². The highest BCUT2D eigenvalue weighted by Gasteiger charge is 2.13. The van der Waals surface area contributed by atoms with Crippen molar-refractivity contribution in [3.63, 3.8) is 0 Å². The van der Waals surface area contributed by atoms with Gasteiger partial charge in [0.25, 0.3) is 5.56 Å². The first-order valence-electron chi connectivity index (χ1n) is 4.97. The van der Waals surface area contributed by atoms with Crippen LogP contribution in [-0.4, -0.2) is 9.55 Å². The molecule has 16 heavy (non-hydrogen) atoms. The highest BCUT2D eigenvalue weighted by atomic mass is 32.1. The van der Waals surface area contributed by atoms with Crippen LogP contribution in [0.25, 0.3) is 10.2 Å². The quantitative estimate of drug-likeness (QED) is 0.705. The van der Waals surface area contributed by atoms with E-state index in [-0.39, 0.29) is 12.1 Å². The first kappa shape index (κ1) is 10.9. The van der Waals surface area contributed by atoms with Gasteiger partial charge < -0.3 is 0 Å². The number of aromatic nitrogens is 2. The maximum atomic E-state index is 12.2. The lowest BCUT2D eigenvalue weighted by atomic mass is 10.2. The molecular formula is C12H12N2OS. The molecule has 0 aliphatic rings. The molecule has 0 amide bonds. The predicted molar refractivity (Wildman–Crippen MR) is 66.9 cm³/mol. The normalized spacial score (nSPS) is 10.6. The van der Waals surface area contributed by atoms with Crippen molar-refractivity contribution in [3.8, 4) is 12.3 Å². The van der Waals surface area contributed by atoms with Gasteiger partial charge in [0.2, 0.25) is 0 Å². The Morgan fingerprint density at radius 3 is 2.75 bits per heavy atom. The van der Waals surface area contributed by atoms with E-state index < -0.39 is 0 Å². The number of thiophene rings is 1. The molecule has 0 atom stereocenters. The van der Waals surface area contributed by atoms with E-state index in [1.54, 1.807) is 15.9 Å². The van der Waals surface area contributed by atoms with Crippen LogP contribution in [0.5, 0.6) is 0 Å². The molecule has 0 unspecified atom stereocenters. The zero-order valence-corrected chi connectivity index (χ0v) is 10.3. The van der Waals surface area contributed by atoms with Crippen LogP contribution in [0.15, 0.2) is 4.79 Å². The minimum Gasteiger partial charge on any atom is -0.284 e. The van der Waals surface area contributed by atoms with Crippen LogP contribution in [0, 0.1) is 33.1 Å². The molecule has 4 heteroatoms. The molecule has 2 heterocycles. The van der Waals surface area contributed by atoms with Crippen molar-refractivity contribution < 1.29 is 0 Å². The molecule has 0 spiro atoms. The van der Waals surface area contributed by atoms with Crippen molar-refractivity contribution in [1.82, 2.24) is 9.55 Å². The topological polar surface area (TPSA) is 34.9 Å². The molecule has 2 aromatic rings. The van der Waals surface area contributed by atoms with Crippen molar-refractivity contribution in [2.24, 2.45) is 0 Å². The predicted octanol–water partition coefficient (Wildman–Crippen LogP) is 2.02. The van der Waals surface area contributed by atoms with E-state index in [4.69, 9.17) is 6.42 Å². The molecule has 0 aliphatic carbocycles. The Bertz CT molecular complexity index is 658. The number of aryl methyl sites for hydroxylation is 3. The summed E-state index contributed by atoms with van der Waals surface area (Å²) in [6.07, 6.45) is 5.25. The minimum absolute atomic E-state index is 0.0256. The zero-order valence-electron chi connectivity index (χ0n) is 9.50. The van der Waals surface area contributed by atoms with Gasteiger partial charge in [-0.05, 0) is 26.3 Å². The molecule has 82 valence electrons. The molecule has 0 N–H and O–H groups in total. The third kappa shape index (κ3) is 1.44. The molecule has 0 radical (unpaired) electrons. The number of terminal acetylenes is 1. The Morgan fingerprint density at radius 1 is 1.44 bits per heavy atom. The molecule has 2 rings (SSSR count). The highest BCUT2D eigenvalue weighted by Crippen LogP contribution is 2.25. The number of fused-ring (bicyclic) bond motifs is 1. The van der Waals surface area contributed by atoms with E-state index in [1.807, 2.05) is 20.8 Å². The Labute approximate surface area is 97.8 Å². The Hall–Kier alpha value is -1.60. The lowest BCUT2D eigenvalue weighted by molar-refractivity contribution is 0.743. The molecule has 0 aromatic carbocycles. The summed E-state index contributed by atoms with van der Waals surface area (Å²) >= 11 is 1.56. The monoisotopic (exact) mass is 232 g/mol. The van der Waals surface area contributed by atoms with Crippen LogP contribution < -0.4 is 5.56 Å². The van der Waals surface area contributed by atoms with Crippen LogP contribution in [0.2, 0.25) is 0 Å². The average Bonchev–Trinajstić information content (AvgIpc) is 2.49. The first-order chi connectivity index (χ1) is 7.56. The van der Waals surface area contributed by atoms with Crippen LogP contribution in [0.4, 0.5) is 0 Å². The molecule has 0 fully saturated rings. The van der Waals surface area contributed by atoms with Gasteiger partial charge in [0.1, 0.15) is 10.7 Å². The summed E-state index contributed by atoms with van der Waals surface area (Å²) in [4.78, 5) is 18.6. The van der Waals surface area contributed by atoms with E-state index in [9.17, 15) is 4.79 Å². The summed E-state index contributed by atoms with van der Waals surface area (Å²) in [7, 11) is 0. The second-order valence-electron chi connectivity index (χ2n) is 3.72. The summed E-state index contributed by atoms with van der Waals surface area (Å²) in [5.41, 5.74) is 0.991. The van der Waals surface area contributed by atoms with Crippen LogP contribution in [0.1, 0.15) is 16.3 Å². The van der Waals surface area contributed by atoms with Crippen molar-refractivity contribution in [2.45, 2.75) is 27.3 Å². The third-order valence-electron chi connectivity index (χ3n) is 2.73. The average molecular weight is 232 g/mol. The summed E-state index contributed by atoms with van der Waals surface area (Å²) in [5, 5.41) is 0.711. The van der Waals surface area contributed by atoms with Gasteiger partial charge >= 0.3 is 0 Å². The standard InChI is InChI=1S/C12H12N2OS/c1-5-6-14-9(4)13-11-10(12(14)15)7(2)8(3)16-11/h1H,6H2,2-4H3. The van der Waals surface area contributed by atoms with Gasteiger partial charge in [0, 0.05) is 4.88 Å². The molecular weight excluding hydrogens is 220 g/mol. The number of hydrogen-bond donors (Lipinski definition) is 0. The Balaban J connectivity index is 2.92. The van der Waals surface area contributed by atoms with Crippen molar-refractivity contribution in [3.05, 3.63) is 26.6 Å². The zero-order chi connectivity index (χ0) is 11.9. The molecule has 3 nitrogen and oxygen atoms in total. The van der Waals surface area contributed by atoms with Crippen LogP contribution in [-0.2, 0) is 6.54 Å². The fourth-order valence-corrected chi connectivity index (χ4v) is 2.77. The van der Waals surface area contributed by atoms with Gasteiger partial charge in [0.15, 0.2) is 0 Å². The Morgan fingerprint density at radius 2 is 2.12 bits per heavy atom. The molecule has 0 saturated carbocycles. The minimum atomic E-state index is -0.0256. The second-order valence-corrected chi connectivity index (χ2v) is 4.92. The van der Waals surface area contributed by atoms with Gasteiger partial charge in [-0.25, -0.2) is 4.98 Å². The van der Waals surface area contributed by atoms with Gasteiger partial charge in [0.05, 0.1) is 11.9 Å². The van der Waals surface area contributed by atoms with Gasteiger partial charge in [-0.15, -0.1) is 17.8 Å². The molecule has 2 aromatic heterocycles. The second kappa shape index (κ2) is 3.76. The van der Waals surface area contributed by atoms with E-state index in [1.165, 1.54) is 0 Å². The summed E-state index contributed by atoms with van der Waals surface area (Å²) < 4.78 is 1.54. The summed E-state index contributed by atoms with van der Waals surface area (Å²) in [6, 6.07) is 0. The molecule has 0 saturated heterocycles. The lowest BCUT2D eigenvalue weighted by Crippen LogP contribution is -2.23. The van der Waals surface area contributed by atoms with Crippen molar-refractivity contribution >= 4 is 21.6 Å².